The van der Waals surface area contributed by atoms with Gasteiger partial charge in [0.2, 0.25) is 5.13 Å². The number of hydrogen-bond acceptors (Lipinski definition) is 5. The zero-order chi connectivity index (χ0) is 17.8. The fraction of sp³-hybridized carbons (Fsp3) is 0.118. The Morgan fingerprint density at radius 3 is 2.52 bits per heavy atom. The number of benzene rings is 2. The van der Waals surface area contributed by atoms with E-state index < -0.39 is 5.69 Å². The Morgan fingerprint density at radius 2 is 1.88 bits per heavy atom. The van der Waals surface area contributed by atoms with Crippen molar-refractivity contribution < 1.29 is 13.9 Å². The predicted molar refractivity (Wildman–Crippen MR) is 92.8 cm³/mol. The number of anilines is 1. The highest BCUT2D eigenvalue weighted by molar-refractivity contribution is 7.10. The van der Waals surface area contributed by atoms with Crippen LogP contribution in [-0.2, 0) is 6.54 Å². The van der Waals surface area contributed by atoms with Crippen molar-refractivity contribution in [3.63, 3.8) is 0 Å². The van der Waals surface area contributed by atoms with E-state index in [1.54, 1.807) is 43.5 Å². The summed E-state index contributed by atoms with van der Waals surface area (Å²) >= 11 is 1.03. The van der Waals surface area contributed by atoms with Gasteiger partial charge in [-0.1, -0.05) is 12.1 Å². The van der Waals surface area contributed by atoms with Gasteiger partial charge in [0.25, 0.3) is 5.91 Å². The lowest BCUT2D eigenvalue weighted by Gasteiger charge is -2.03. The molecule has 0 spiro atoms. The monoisotopic (exact) mass is 359 g/mol. The Hall–Kier alpha value is -3.00. The van der Waals surface area contributed by atoms with Crippen LogP contribution in [0.4, 0.5) is 9.52 Å². The van der Waals surface area contributed by atoms with Crippen molar-refractivity contribution in [2.45, 2.75) is 6.54 Å². The molecule has 3 aromatic rings. The zero-order valence-corrected chi connectivity index (χ0v) is 14.0. The fourth-order valence-corrected chi connectivity index (χ4v) is 2.92. The van der Waals surface area contributed by atoms with Gasteiger partial charge in [0, 0.05) is 5.56 Å². The second-order valence-corrected chi connectivity index (χ2v) is 6.15. The molecular weight excluding hydrogens is 345 g/mol. The number of carbonyl (C=O) groups is 1. The van der Waals surface area contributed by atoms with E-state index in [0.29, 0.717) is 11.3 Å². The number of amides is 1. The number of carbonyl (C=O) groups excluding carboxylic acids is 1. The largest absolute Gasteiger partial charge is 0.497 e. The van der Waals surface area contributed by atoms with Crippen molar-refractivity contribution in [2.75, 3.05) is 12.4 Å². The maximum absolute atomic E-state index is 12.9. The number of nitrogens with one attached hydrogen (secondary N) is 1. The quantitative estimate of drug-likeness (QED) is 0.760. The first-order chi connectivity index (χ1) is 12.0. The average molecular weight is 359 g/mol. The van der Waals surface area contributed by atoms with Gasteiger partial charge >= 0.3 is 5.69 Å². The van der Waals surface area contributed by atoms with Gasteiger partial charge in [-0.25, -0.2) is 13.1 Å². The van der Waals surface area contributed by atoms with E-state index in [4.69, 9.17) is 4.74 Å². The van der Waals surface area contributed by atoms with Gasteiger partial charge in [0.1, 0.15) is 11.6 Å². The number of methoxy groups -OCH3 is 1. The first-order valence-corrected chi connectivity index (χ1v) is 8.10. The van der Waals surface area contributed by atoms with Crippen LogP contribution < -0.4 is 15.7 Å². The molecule has 1 heterocycles. The molecule has 2 aromatic carbocycles. The van der Waals surface area contributed by atoms with Gasteiger partial charge in [-0.2, -0.15) is 4.98 Å². The molecule has 0 saturated heterocycles. The second-order valence-electron chi connectivity index (χ2n) is 5.14. The summed E-state index contributed by atoms with van der Waals surface area (Å²) in [6.07, 6.45) is 0. The Kier molecular flexibility index (Phi) is 4.90. The Labute approximate surface area is 146 Å². The van der Waals surface area contributed by atoms with Crippen LogP contribution >= 0.6 is 11.5 Å². The van der Waals surface area contributed by atoms with Crippen LogP contribution in [-0.4, -0.2) is 22.0 Å². The van der Waals surface area contributed by atoms with Crippen molar-refractivity contribution in [3.05, 3.63) is 76.0 Å². The average Bonchev–Trinajstić information content (AvgIpc) is 2.96. The third-order valence-corrected chi connectivity index (χ3v) is 4.29. The molecule has 1 aromatic heterocycles. The van der Waals surface area contributed by atoms with E-state index in [0.717, 1.165) is 17.1 Å². The minimum Gasteiger partial charge on any atom is -0.497 e. The Morgan fingerprint density at radius 1 is 1.20 bits per heavy atom. The maximum atomic E-state index is 12.9. The minimum atomic E-state index is -0.473. The molecule has 0 radical (unpaired) electrons. The molecule has 1 amide bonds. The van der Waals surface area contributed by atoms with Crippen molar-refractivity contribution in [1.29, 1.82) is 0 Å². The van der Waals surface area contributed by atoms with E-state index in [-0.39, 0.29) is 23.4 Å². The predicted octanol–water partition coefficient (Wildman–Crippen LogP) is 2.75. The summed E-state index contributed by atoms with van der Waals surface area (Å²) in [5.41, 5.74) is 0.716. The van der Waals surface area contributed by atoms with Gasteiger partial charge < -0.3 is 4.74 Å². The SMILES string of the molecule is COc1ccc(C(=O)Nc2nc(=O)n(Cc3ccc(F)cc3)s2)cc1. The molecule has 0 aliphatic heterocycles. The molecule has 0 aliphatic carbocycles. The van der Waals surface area contributed by atoms with Gasteiger partial charge in [0.05, 0.1) is 13.7 Å². The van der Waals surface area contributed by atoms with Crippen LogP contribution in [0.3, 0.4) is 0 Å². The third-order valence-electron chi connectivity index (χ3n) is 3.42. The Bertz CT molecular complexity index is 933. The molecule has 1 N–H and O–H groups in total. The van der Waals surface area contributed by atoms with Crippen LogP contribution in [0.1, 0.15) is 15.9 Å². The highest BCUT2D eigenvalue weighted by Gasteiger charge is 2.12. The molecule has 8 heteroatoms. The summed E-state index contributed by atoms with van der Waals surface area (Å²) < 4.78 is 19.4. The molecule has 128 valence electrons. The molecule has 3 rings (SSSR count). The highest BCUT2D eigenvalue weighted by Crippen LogP contribution is 2.15. The number of aromatic nitrogens is 2. The van der Waals surface area contributed by atoms with Gasteiger partial charge in [-0.15, -0.1) is 0 Å². The zero-order valence-electron chi connectivity index (χ0n) is 13.2. The lowest BCUT2D eigenvalue weighted by Crippen LogP contribution is -2.16. The number of ether oxygens (including phenoxy) is 1. The minimum absolute atomic E-state index is 0.202. The summed E-state index contributed by atoms with van der Waals surface area (Å²) in [6, 6.07) is 12.4. The van der Waals surface area contributed by atoms with Gasteiger partial charge in [-0.3, -0.25) is 10.1 Å². The molecule has 6 nitrogen and oxygen atoms in total. The standard InChI is InChI=1S/C17H14FN3O3S/c1-24-14-8-4-12(5-9-14)15(22)19-16-20-17(23)21(25-16)10-11-2-6-13(18)7-3-11/h2-9H,10H2,1H3,(H,19,20,22,23). The van der Waals surface area contributed by atoms with Gasteiger partial charge in [-0.05, 0) is 53.5 Å². The summed E-state index contributed by atoms with van der Waals surface area (Å²) in [6.45, 7) is 0.259. The number of nitrogens with zero attached hydrogens (tertiary/aromatic N) is 2. The van der Waals surface area contributed by atoms with Crippen LogP contribution in [0.5, 0.6) is 5.75 Å². The van der Waals surface area contributed by atoms with Crippen molar-refractivity contribution in [3.8, 4) is 5.75 Å². The maximum Gasteiger partial charge on any atom is 0.360 e. The van der Waals surface area contributed by atoms with Gasteiger partial charge in [0.15, 0.2) is 0 Å². The number of halogens is 1. The van der Waals surface area contributed by atoms with Crippen LogP contribution in [0.15, 0.2) is 53.3 Å². The van der Waals surface area contributed by atoms with Crippen molar-refractivity contribution >= 4 is 22.6 Å². The highest BCUT2D eigenvalue weighted by atomic mass is 32.1. The van der Waals surface area contributed by atoms with E-state index in [2.05, 4.69) is 10.3 Å². The summed E-state index contributed by atoms with van der Waals surface area (Å²) in [4.78, 5) is 27.9. The molecule has 0 bridgehead atoms. The summed E-state index contributed by atoms with van der Waals surface area (Å²) in [5, 5.41) is 2.80. The molecule has 0 unspecified atom stereocenters. The van der Waals surface area contributed by atoms with E-state index in [1.165, 1.54) is 16.1 Å². The second kappa shape index (κ2) is 7.27. The lowest BCUT2D eigenvalue weighted by molar-refractivity contribution is 0.102. The van der Waals surface area contributed by atoms with E-state index >= 15 is 0 Å². The number of rotatable bonds is 5. The third kappa shape index (κ3) is 4.10. The van der Waals surface area contributed by atoms with Crippen molar-refractivity contribution in [1.82, 2.24) is 8.94 Å². The summed E-state index contributed by atoms with van der Waals surface area (Å²) in [5.74, 6) is -0.0667. The lowest BCUT2D eigenvalue weighted by atomic mass is 10.2. The molecule has 0 aliphatic rings. The molecular formula is C17H14FN3O3S. The fourth-order valence-electron chi connectivity index (χ4n) is 2.12. The smallest absolute Gasteiger partial charge is 0.360 e. The molecule has 0 atom stereocenters. The summed E-state index contributed by atoms with van der Waals surface area (Å²) in [7, 11) is 1.54. The molecule has 0 fully saturated rings. The first-order valence-electron chi connectivity index (χ1n) is 7.33. The topological polar surface area (TPSA) is 73.2 Å². The normalized spacial score (nSPS) is 10.5. The number of hydrogen-bond donors (Lipinski definition) is 1. The first kappa shape index (κ1) is 16.8. The van der Waals surface area contributed by atoms with Crippen LogP contribution in [0.25, 0.3) is 0 Å². The Balaban J connectivity index is 1.72. The molecule has 0 saturated carbocycles. The van der Waals surface area contributed by atoms with E-state index in [1.807, 2.05) is 0 Å². The molecule has 25 heavy (non-hydrogen) atoms. The van der Waals surface area contributed by atoms with Crippen molar-refractivity contribution in [2.24, 2.45) is 0 Å². The van der Waals surface area contributed by atoms with Crippen LogP contribution in [0, 0.1) is 5.82 Å². The van der Waals surface area contributed by atoms with E-state index in [9.17, 15) is 14.0 Å². The van der Waals surface area contributed by atoms with Crippen LogP contribution in [0.2, 0.25) is 0 Å².